The van der Waals surface area contributed by atoms with E-state index in [9.17, 15) is 4.79 Å². The minimum atomic E-state index is -0.100. The highest BCUT2D eigenvalue weighted by Gasteiger charge is 2.20. The van der Waals surface area contributed by atoms with Gasteiger partial charge in [-0.1, -0.05) is 18.9 Å². The normalized spacial score (nSPS) is 17.6. The number of nitrogens with zero attached hydrogens (tertiary/aromatic N) is 2. The first kappa shape index (κ1) is 15.0. The van der Waals surface area contributed by atoms with Crippen LogP contribution in [0.5, 0.6) is 0 Å². The highest BCUT2D eigenvalue weighted by molar-refractivity contribution is 5.81. The van der Waals surface area contributed by atoms with Crippen LogP contribution in [-0.2, 0) is 11.2 Å². The summed E-state index contributed by atoms with van der Waals surface area (Å²) in [5.41, 5.74) is 1.06. The van der Waals surface area contributed by atoms with E-state index < -0.39 is 0 Å². The van der Waals surface area contributed by atoms with Gasteiger partial charge in [0.25, 0.3) is 0 Å². The van der Waals surface area contributed by atoms with Gasteiger partial charge in [0.1, 0.15) is 0 Å². The number of rotatable bonds is 5. The number of carbonyl (C=O) groups is 1. The molecule has 4 nitrogen and oxygen atoms in total. The number of carbonyl (C=O) groups excluding carboxylic acids is 1. The van der Waals surface area contributed by atoms with Gasteiger partial charge in [-0.3, -0.25) is 9.78 Å². The van der Waals surface area contributed by atoms with Crippen LogP contribution in [-0.4, -0.2) is 41.5 Å². The molecule has 0 aliphatic carbocycles. The summed E-state index contributed by atoms with van der Waals surface area (Å²) in [6.45, 7) is 4.60. The lowest BCUT2D eigenvalue weighted by molar-refractivity contribution is -0.133. The van der Waals surface area contributed by atoms with Crippen molar-refractivity contribution < 1.29 is 4.79 Å². The van der Waals surface area contributed by atoms with Gasteiger partial charge in [0.2, 0.25) is 5.91 Å². The highest BCUT2D eigenvalue weighted by atomic mass is 16.2. The van der Waals surface area contributed by atoms with E-state index in [1.807, 2.05) is 30.0 Å². The van der Waals surface area contributed by atoms with Crippen molar-refractivity contribution in [2.45, 2.75) is 45.1 Å². The lowest BCUT2D eigenvalue weighted by Gasteiger charge is -2.24. The second-order valence-corrected chi connectivity index (χ2v) is 5.49. The molecule has 2 heterocycles. The Balaban J connectivity index is 1.73. The number of likely N-dealkylation sites (tertiary alicyclic amines) is 1. The fourth-order valence-electron chi connectivity index (χ4n) is 2.61. The molecule has 1 amide bonds. The van der Waals surface area contributed by atoms with E-state index in [0.29, 0.717) is 0 Å². The molecule has 0 bridgehead atoms. The Bertz CT molecular complexity index is 399. The minimum Gasteiger partial charge on any atom is -0.341 e. The first-order valence-corrected chi connectivity index (χ1v) is 7.69. The van der Waals surface area contributed by atoms with Gasteiger partial charge >= 0.3 is 0 Å². The van der Waals surface area contributed by atoms with E-state index in [1.165, 1.54) is 12.8 Å². The molecule has 0 spiro atoms. The molecule has 4 heteroatoms. The Morgan fingerprint density at radius 3 is 2.70 bits per heavy atom. The van der Waals surface area contributed by atoms with E-state index in [2.05, 4.69) is 10.3 Å². The topological polar surface area (TPSA) is 45.2 Å². The molecule has 1 aromatic rings. The van der Waals surface area contributed by atoms with E-state index >= 15 is 0 Å². The third-order valence-electron chi connectivity index (χ3n) is 3.85. The maximum absolute atomic E-state index is 12.3. The van der Waals surface area contributed by atoms with Crippen molar-refractivity contribution in [1.29, 1.82) is 0 Å². The third kappa shape index (κ3) is 4.60. The second-order valence-electron chi connectivity index (χ2n) is 5.49. The van der Waals surface area contributed by atoms with Crippen LogP contribution >= 0.6 is 0 Å². The van der Waals surface area contributed by atoms with E-state index in [0.717, 1.165) is 44.6 Å². The van der Waals surface area contributed by atoms with Gasteiger partial charge in [0.05, 0.1) is 6.04 Å². The molecule has 1 fully saturated rings. The van der Waals surface area contributed by atoms with Gasteiger partial charge in [-0.15, -0.1) is 0 Å². The van der Waals surface area contributed by atoms with Gasteiger partial charge < -0.3 is 10.2 Å². The third-order valence-corrected chi connectivity index (χ3v) is 3.85. The van der Waals surface area contributed by atoms with Crippen molar-refractivity contribution in [3.8, 4) is 0 Å². The number of nitrogens with one attached hydrogen (secondary N) is 1. The molecule has 1 N–H and O–H groups in total. The summed E-state index contributed by atoms with van der Waals surface area (Å²) >= 11 is 0. The summed E-state index contributed by atoms with van der Waals surface area (Å²) in [5, 5.41) is 3.32. The van der Waals surface area contributed by atoms with Crippen LogP contribution in [0.3, 0.4) is 0 Å². The zero-order valence-electron chi connectivity index (χ0n) is 12.3. The van der Waals surface area contributed by atoms with Crippen LogP contribution in [0.2, 0.25) is 0 Å². The monoisotopic (exact) mass is 275 g/mol. The molecule has 0 radical (unpaired) electrons. The van der Waals surface area contributed by atoms with E-state index in [-0.39, 0.29) is 11.9 Å². The average Bonchev–Trinajstić information content (AvgIpc) is 2.76. The SMILES string of the molecule is CC(NCCc1ccccn1)C(=O)N1CCCCCC1. The summed E-state index contributed by atoms with van der Waals surface area (Å²) in [6.07, 6.45) is 7.47. The fourth-order valence-corrected chi connectivity index (χ4v) is 2.61. The second kappa shape index (κ2) is 8.00. The lowest BCUT2D eigenvalue weighted by atomic mass is 10.2. The zero-order chi connectivity index (χ0) is 14.2. The predicted molar refractivity (Wildman–Crippen MR) is 80.5 cm³/mol. The molecular formula is C16H25N3O. The Labute approximate surface area is 121 Å². The zero-order valence-corrected chi connectivity index (χ0v) is 12.3. The largest absolute Gasteiger partial charge is 0.341 e. The predicted octanol–water partition coefficient (Wildman–Crippen LogP) is 2.00. The quantitative estimate of drug-likeness (QED) is 0.894. The lowest BCUT2D eigenvalue weighted by Crippen LogP contribution is -2.45. The molecule has 0 aromatic carbocycles. The molecule has 2 rings (SSSR count). The molecule has 0 saturated carbocycles. The van der Waals surface area contributed by atoms with Crippen molar-refractivity contribution in [3.05, 3.63) is 30.1 Å². The van der Waals surface area contributed by atoms with Crippen molar-refractivity contribution in [1.82, 2.24) is 15.2 Å². The number of aromatic nitrogens is 1. The molecule has 110 valence electrons. The Morgan fingerprint density at radius 1 is 1.30 bits per heavy atom. The summed E-state index contributed by atoms with van der Waals surface area (Å²) in [7, 11) is 0. The molecule has 1 unspecified atom stereocenters. The molecule has 1 aliphatic heterocycles. The van der Waals surface area contributed by atoms with Gasteiger partial charge in [-0.25, -0.2) is 0 Å². The van der Waals surface area contributed by atoms with Crippen LogP contribution in [0.1, 0.15) is 38.3 Å². The Hall–Kier alpha value is -1.42. The Kier molecular flexibility index (Phi) is 5.99. The number of amides is 1. The molecule has 20 heavy (non-hydrogen) atoms. The van der Waals surface area contributed by atoms with Crippen LogP contribution in [0.4, 0.5) is 0 Å². The molecule has 1 saturated heterocycles. The van der Waals surface area contributed by atoms with Crippen molar-refractivity contribution in [3.63, 3.8) is 0 Å². The molecular weight excluding hydrogens is 250 g/mol. The summed E-state index contributed by atoms with van der Waals surface area (Å²) in [4.78, 5) is 18.6. The van der Waals surface area contributed by atoms with Crippen LogP contribution in [0.25, 0.3) is 0 Å². The summed E-state index contributed by atoms with van der Waals surface area (Å²) < 4.78 is 0. The van der Waals surface area contributed by atoms with Gasteiger partial charge in [-0.2, -0.15) is 0 Å². The molecule has 1 atom stereocenters. The first-order valence-electron chi connectivity index (χ1n) is 7.69. The average molecular weight is 275 g/mol. The summed E-state index contributed by atoms with van der Waals surface area (Å²) in [6, 6.07) is 5.83. The standard InChI is InChI=1S/C16H25N3O/c1-14(16(20)19-12-6-2-3-7-13-19)17-11-9-15-8-4-5-10-18-15/h4-5,8,10,14,17H,2-3,6-7,9,11-13H2,1H3. The van der Waals surface area contributed by atoms with Crippen LogP contribution in [0, 0.1) is 0 Å². The maximum Gasteiger partial charge on any atom is 0.239 e. The van der Waals surface area contributed by atoms with Crippen LogP contribution in [0.15, 0.2) is 24.4 Å². The number of hydrogen-bond donors (Lipinski definition) is 1. The fraction of sp³-hybridized carbons (Fsp3) is 0.625. The maximum atomic E-state index is 12.3. The summed E-state index contributed by atoms with van der Waals surface area (Å²) in [5.74, 6) is 0.243. The van der Waals surface area contributed by atoms with Crippen molar-refractivity contribution >= 4 is 5.91 Å². The van der Waals surface area contributed by atoms with Gasteiger partial charge in [-0.05, 0) is 31.9 Å². The minimum absolute atomic E-state index is 0.100. The molecule has 1 aliphatic rings. The van der Waals surface area contributed by atoms with Crippen molar-refractivity contribution in [2.24, 2.45) is 0 Å². The Morgan fingerprint density at radius 2 is 2.05 bits per heavy atom. The highest BCUT2D eigenvalue weighted by Crippen LogP contribution is 2.10. The number of pyridine rings is 1. The van der Waals surface area contributed by atoms with Crippen molar-refractivity contribution in [2.75, 3.05) is 19.6 Å². The van der Waals surface area contributed by atoms with Crippen LogP contribution < -0.4 is 5.32 Å². The smallest absolute Gasteiger partial charge is 0.239 e. The first-order chi connectivity index (χ1) is 9.77. The van der Waals surface area contributed by atoms with Gasteiger partial charge in [0, 0.05) is 37.9 Å². The van der Waals surface area contributed by atoms with Gasteiger partial charge in [0.15, 0.2) is 0 Å². The van der Waals surface area contributed by atoms with E-state index in [1.54, 1.807) is 6.20 Å². The molecule has 1 aromatic heterocycles. The number of hydrogen-bond acceptors (Lipinski definition) is 3. The van der Waals surface area contributed by atoms with E-state index in [4.69, 9.17) is 0 Å².